The molecule has 0 saturated carbocycles. The van der Waals surface area contributed by atoms with Crippen LogP contribution in [0.4, 0.5) is 23.7 Å². The summed E-state index contributed by atoms with van der Waals surface area (Å²) in [4.78, 5) is 14.8. The Morgan fingerprint density at radius 2 is 1.95 bits per heavy atom. The van der Waals surface area contributed by atoms with Gasteiger partial charge in [-0.15, -0.1) is 0 Å². The average Bonchev–Trinajstić information content (AvgIpc) is 2.16. The Balaban J connectivity index is 2.92. The topological polar surface area (TPSA) is 51.2 Å². The summed E-state index contributed by atoms with van der Waals surface area (Å²) >= 11 is 5.61. The number of amides is 1. The van der Waals surface area contributed by atoms with Gasteiger partial charge in [-0.3, -0.25) is 5.32 Å². The van der Waals surface area contributed by atoms with Crippen LogP contribution in [0.1, 0.15) is 26.3 Å². The van der Waals surface area contributed by atoms with E-state index in [4.69, 9.17) is 16.3 Å². The minimum Gasteiger partial charge on any atom is -0.444 e. The highest BCUT2D eigenvalue weighted by Gasteiger charge is 2.32. The van der Waals surface area contributed by atoms with Gasteiger partial charge < -0.3 is 4.74 Å². The number of ether oxygens (including phenoxy) is 1. The number of rotatable bonds is 1. The number of carbonyl (C=O) groups is 1. The molecule has 0 unspecified atom stereocenters. The summed E-state index contributed by atoms with van der Waals surface area (Å²) in [6, 6.07) is 0.694. The van der Waals surface area contributed by atoms with Crippen molar-refractivity contribution in [2.45, 2.75) is 32.5 Å². The Bertz CT molecular complexity index is 484. The van der Waals surface area contributed by atoms with Crippen molar-refractivity contribution < 1.29 is 22.7 Å². The fourth-order valence-corrected chi connectivity index (χ4v) is 1.25. The van der Waals surface area contributed by atoms with Gasteiger partial charge in [-0.1, -0.05) is 11.6 Å². The molecule has 0 fully saturated rings. The van der Waals surface area contributed by atoms with Crippen LogP contribution in [0.3, 0.4) is 0 Å². The van der Waals surface area contributed by atoms with Crippen LogP contribution in [0, 0.1) is 0 Å². The summed E-state index contributed by atoms with van der Waals surface area (Å²) in [5, 5.41) is 1.87. The summed E-state index contributed by atoms with van der Waals surface area (Å²) in [7, 11) is 0. The van der Waals surface area contributed by atoms with Gasteiger partial charge in [0.15, 0.2) is 5.15 Å². The molecule has 0 aliphatic heterocycles. The molecule has 0 aliphatic carbocycles. The zero-order valence-corrected chi connectivity index (χ0v) is 11.2. The Morgan fingerprint density at radius 3 is 2.42 bits per heavy atom. The third-order valence-electron chi connectivity index (χ3n) is 1.80. The molecule has 19 heavy (non-hydrogen) atoms. The highest BCUT2D eigenvalue weighted by molar-refractivity contribution is 6.32. The van der Waals surface area contributed by atoms with Gasteiger partial charge in [0.1, 0.15) is 5.60 Å². The van der Waals surface area contributed by atoms with Crippen LogP contribution in [0.2, 0.25) is 5.15 Å². The van der Waals surface area contributed by atoms with Crippen LogP contribution in [-0.4, -0.2) is 16.7 Å². The molecule has 1 rings (SSSR count). The molecular weight excluding hydrogens is 285 g/mol. The van der Waals surface area contributed by atoms with Gasteiger partial charge in [-0.2, -0.15) is 13.2 Å². The van der Waals surface area contributed by atoms with Crippen molar-refractivity contribution in [2.24, 2.45) is 0 Å². The van der Waals surface area contributed by atoms with E-state index in [0.29, 0.717) is 12.3 Å². The average molecular weight is 297 g/mol. The Hall–Kier alpha value is -1.50. The van der Waals surface area contributed by atoms with Gasteiger partial charge in [0, 0.05) is 6.20 Å². The lowest BCUT2D eigenvalue weighted by Gasteiger charge is -2.20. The van der Waals surface area contributed by atoms with Gasteiger partial charge in [-0.05, 0) is 26.8 Å². The molecule has 0 aromatic carbocycles. The lowest BCUT2D eigenvalue weighted by atomic mass is 10.2. The second-order valence-electron chi connectivity index (χ2n) is 4.69. The Labute approximate surface area is 112 Å². The predicted molar refractivity (Wildman–Crippen MR) is 64.1 cm³/mol. The highest BCUT2D eigenvalue weighted by Crippen LogP contribution is 2.32. The molecule has 0 radical (unpaired) electrons. The first-order chi connectivity index (χ1) is 8.49. The minimum absolute atomic E-state index is 0.251. The Kier molecular flexibility index (Phi) is 4.29. The maximum Gasteiger partial charge on any atom is 0.417 e. The largest absolute Gasteiger partial charge is 0.444 e. The first-order valence-electron chi connectivity index (χ1n) is 5.22. The number of carbonyl (C=O) groups excluding carboxylic acids is 1. The standard InChI is InChI=1S/C11H12ClF3N2O2/c1-10(2,3)19-9(18)17-7-4-6(11(13,14)15)5-16-8(7)12/h4-5H,1-3H3,(H,17,18). The van der Waals surface area contributed by atoms with E-state index in [2.05, 4.69) is 10.3 Å². The first-order valence-corrected chi connectivity index (χ1v) is 5.59. The maximum absolute atomic E-state index is 12.5. The van der Waals surface area contributed by atoms with Crippen molar-refractivity contribution in [3.63, 3.8) is 0 Å². The van der Waals surface area contributed by atoms with Gasteiger partial charge >= 0.3 is 12.3 Å². The first kappa shape index (κ1) is 15.6. The quantitative estimate of drug-likeness (QED) is 0.794. The molecule has 1 amide bonds. The van der Waals surface area contributed by atoms with Crippen LogP contribution in [0.25, 0.3) is 0 Å². The van der Waals surface area contributed by atoms with Gasteiger partial charge in [0.25, 0.3) is 0 Å². The molecule has 8 heteroatoms. The number of pyridine rings is 1. The van der Waals surface area contributed by atoms with E-state index in [1.807, 2.05) is 0 Å². The number of hydrogen-bond acceptors (Lipinski definition) is 3. The summed E-state index contributed by atoms with van der Waals surface area (Å²) in [5.74, 6) is 0. The molecule has 106 valence electrons. The number of aromatic nitrogens is 1. The van der Waals surface area contributed by atoms with Gasteiger partial charge in [0.2, 0.25) is 0 Å². The fourth-order valence-electron chi connectivity index (χ4n) is 1.10. The molecule has 0 saturated heterocycles. The Morgan fingerprint density at radius 1 is 1.37 bits per heavy atom. The van der Waals surface area contributed by atoms with E-state index in [9.17, 15) is 18.0 Å². The molecule has 0 atom stereocenters. The highest BCUT2D eigenvalue weighted by atomic mass is 35.5. The SMILES string of the molecule is CC(C)(C)OC(=O)Nc1cc(C(F)(F)F)cnc1Cl. The predicted octanol–water partition coefficient (Wildman–Crippen LogP) is 4.10. The molecule has 1 heterocycles. The van der Waals surface area contributed by atoms with E-state index in [1.165, 1.54) is 0 Å². The zero-order valence-electron chi connectivity index (χ0n) is 10.4. The van der Waals surface area contributed by atoms with Crippen molar-refractivity contribution in [3.8, 4) is 0 Å². The monoisotopic (exact) mass is 296 g/mol. The van der Waals surface area contributed by atoms with Gasteiger partial charge in [0.05, 0.1) is 11.3 Å². The zero-order chi connectivity index (χ0) is 14.8. The van der Waals surface area contributed by atoms with Crippen LogP contribution in [0.15, 0.2) is 12.3 Å². The maximum atomic E-state index is 12.5. The van der Waals surface area contributed by atoms with Crippen LogP contribution < -0.4 is 5.32 Å². The second kappa shape index (κ2) is 5.24. The molecule has 1 aromatic rings. The summed E-state index contributed by atoms with van der Waals surface area (Å²) in [6.45, 7) is 4.87. The van der Waals surface area contributed by atoms with E-state index < -0.39 is 23.4 Å². The van der Waals surface area contributed by atoms with Crippen molar-refractivity contribution in [2.75, 3.05) is 5.32 Å². The third kappa shape index (κ3) is 4.94. The lowest BCUT2D eigenvalue weighted by Crippen LogP contribution is -2.27. The van der Waals surface area contributed by atoms with Crippen LogP contribution in [0.5, 0.6) is 0 Å². The normalized spacial score (nSPS) is 12.2. The third-order valence-corrected chi connectivity index (χ3v) is 2.10. The number of nitrogens with zero attached hydrogens (tertiary/aromatic N) is 1. The molecule has 1 aromatic heterocycles. The fraction of sp³-hybridized carbons (Fsp3) is 0.455. The summed E-state index contributed by atoms with van der Waals surface area (Å²) in [5.41, 5.74) is -2.04. The summed E-state index contributed by atoms with van der Waals surface area (Å²) in [6.07, 6.45) is -4.89. The van der Waals surface area contributed by atoms with Crippen molar-refractivity contribution >= 4 is 23.4 Å². The number of alkyl halides is 3. The molecule has 0 bridgehead atoms. The van der Waals surface area contributed by atoms with Crippen LogP contribution in [-0.2, 0) is 10.9 Å². The summed E-state index contributed by atoms with van der Waals surface area (Å²) < 4.78 is 42.3. The number of anilines is 1. The van der Waals surface area contributed by atoms with E-state index >= 15 is 0 Å². The molecule has 0 spiro atoms. The molecular formula is C11H12ClF3N2O2. The molecule has 0 aliphatic rings. The molecule has 4 nitrogen and oxygen atoms in total. The molecule has 1 N–H and O–H groups in total. The van der Waals surface area contributed by atoms with E-state index in [0.717, 1.165) is 0 Å². The smallest absolute Gasteiger partial charge is 0.417 e. The lowest BCUT2D eigenvalue weighted by molar-refractivity contribution is -0.137. The number of halogens is 4. The number of hydrogen-bond donors (Lipinski definition) is 1. The van der Waals surface area contributed by atoms with Crippen molar-refractivity contribution in [1.29, 1.82) is 0 Å². The van der Waals surface area contributed by atoms with E-state index in [1.54, 1.807) is 20.8 Å². The van der Waals surface area contributed by atoms with E-state index in [-0.39, 0.29) is 10.8 Å². The van der Waals surface area contributed by atoms with Crippen molar-refractivity contribution in [3.05, 3.63) is 23.0 Å². The van der Waals surface area contributed by atoms with Gasteiger partial charge in [-0.25, -0.2) is 9.78 Å². The number of nitrogens with one attached hydrogen (secondary N) is 1. The van der Waals surface area contributed by atoms with Crippen LogP contribution >= 0.6 is 11.6 Å². The van der Waals surface area contributed by atoms with Crippen molar-refractivity contribution in [1.82, 2.24) is 4.98 Å². The minimum atomic E-state index is -4.57. The second-order valence-corrected chi connectivity index (χ2v) is 5.05.